The molecule has 0 amide bonds. The van der Waals surface area contributed by atoms with Gasteiger partial charge in [0.05, 0.1) is 11.4 Å². The number of aryl methyl sites for hydroxylation is 1. The zero-order valence-electron chi connectivity index (χ0n) is 11.6. The summed E-state index contributed by atoms with van der Waals surface area (Å²) in [5.74, 6) is 0.956. The molecule has 2 nitrogen and oxygen atoms in total. The Kier molecular flexibility index (Phi) is 5.43. The quantitative estimate of drug-likeness (QED) is 0.806. The molecule has 0 saturated heterocycles. The van der Waals surface area contributed by atoms with Crippen molar-refractivity contribution in [2.45, 2.75) is 44.0 Å². The van der Waals surface area contributed by atoms with Crippen molar-refractivity contribution in [2.24, 2.45) is 0 Å². The van der Waals surface area contributed by atoms with Crippen LogP contribution >= 0.6 is 23.1 Å². The van der Waals surface area contributed by atoms with Crippen LogP contribution in [0.25, 0.3) is 0 Å². The average Bonchev–Trinajstić information content (AvgIpc) is 2.83. The fourth-order valence-corrected chi connectivity index (χ4v) is 3.50. The zero-order valence-corrected chi connectivity index (χ0v) is 13.3. The second kappa shape index (κ2) is 7.08. The number of hydrogen-bond acceptors (Lipinski definition) is 4. The monoisotopic (exact) mass is 292 g/mol. The fourth-order valence-electron chi connectivity index (χ4n) is 1.66. The molecular weight excluding hydrogens is 272 g/mol. The molecule has 0 unspecified atom stereocenters. The lowest BCUT2D eigenvalue weighted by Gasteiger charge is -2.05. The Morgan fingerprint density at radius 2 is 2.11 bits per heavy atom. The highest BCUT2D eigenvalue weighted by molar-refractivity contribution is 7.98. The summed E-state index contributed by atoms with van der Waals surface area (Å²) in [6.45, 7) is 7.33. The summed E-state index contributed by atoms with van der Waals surface area (Å²) in [4.78, 5) is 6.01. The summed E-state index contributed by atoms with van der Waals surface area (Å²) in [6, 6.07) is 9.01. The van der Waals surface area contributed by atoms with Crippen molar-refractivity contribution in [3.63, 3.8) is 0 Å². The normalized spacial score (nSPS) is 11.2. The predicted octanol–water partition coefficient (Wildman–Crippen LogP) is 4.24. The third kappa shape index (κ3) is 4.64. The lowest BCUT2D eigenvalue weighted by atomic mass is 10.2. The van der Waals surface area contributed by atoms with Crippen molar-refractivity contribution < 1.29 is 0 Å². The van der Waals surface area contributed by atoms with Gasteiger partial charge in [-0.05, 0) is 18.6 Å². The van der Waals surface area contributed by atoms with Gasteiger partial charge in [0.15, 0.2) is 0 Å². The Bertz CT molecular complexity index is 520. The van der Waals surface area contributed by atoms with Crippen LogP contribution in [0.3, 0.4) is 0 Å². The van der Waals surface area contributed by atoms with Gasteiger partial charge in [-0.25, -0.2) is 4.98 Å². The first kappa shape index (κ1) is 14.6. The summed E-state index contributed by atoms with van der Waals surface area (Å²) in [5.41, 5.74) is 2.49. The fraction of sp³-hybridized carbons (Fsp3) is 0.400. The Labute approximate surface area is 123 Å². The smallest absolute Gasteiger partial charge is 0.103 e. The van der Waals surface area contributed by atoms with Crippen LogP contribution in [0, 0.1) is 6.92 Å². The number of thioether (sulfide) groups is 1. The summed E-state index contributed by atoms with van der Waals surface area (Å²) >= 11 is 3.62. The van der Waals surface area contributed by atoms with Gasteiger partial charge in [0.2, 0.25) is 0 Å². The van der Waals surface area contributed by atoms with Gasteiger partial charge in [-0.2, -0.15) is 0 Å². The average molecular weight is 292 g/mol. The van der Waals surface area contributed by atoms with Crippen molar-refractivity contribution in [3.05, 3.63) is 45.9 Å². The van der Waals surface area contributed by atoms with Crippen molar-refractivity contribution in [1.82, 2.24) is 10.3 Å². The molecule has 1 aromatic carbocycles. The first-order valence-corrected chi connectivity index (χ1v) is 8.37. The van der Waals surface area contributed by atoms with Crippen LogP contribution < -0.4 is 5.32 Å². The van der Waals surface area contributed by atoms with Crippen LogP contribution in [-0.2, 0) is 12.3 Å². The van der Waals surface area contributed by atoms with Gasteiger partial charge in [-0.1, -0.05) is 32.0 Å². The Morgan fingerprint density at radius 1 is 1.32 bits per heavy atom. The third-order valence-electron chi connectivity index (χ3n) is 2.74. The molecule has 0 fully saturated rings. The molecule has 2 rings (SSSR count). The van der Waals surface area contributed by atoms with Gasteiger partial charge in [-0.15, -0.1) is 23.1 Å². The molecule has 0 aliphatic rings. The highest BCUT2D eigenvalue weighted by atomic mass is 32.2. The summed E-state index contributed by atoms with van der Waals surface area (Å²) in [6.07, 6.45) is 0. The van der Waals surface area contributed by atoms with Crippen LogP contribution in [-0.4, -0.2) is 11.0 Å². The maximum atomic E-state index is 4.66. The largest absolute Gasteiger partial charge is 0.309 e. The zero-order chi connectivity index (χ0) is 13.7. The standard InChI is InChI=1S/C15H20N2S2/c1-11(2)16-8-13-9-19-15(17-13)10-18-14-7-5-4-6-12(14)3/h4-7,9,11,16H,8,10H2,1-3H3. The number of thiazole rings is 1. The first-order valence-electron chi connectivity index (χ1n) is 6.50. The van der Waals surface area contributed by atoms with E-state index in [2.05, 4.69) is 60.7 Å². The van der Waals surface area contributed by atoms with E-state index in [0.717, 1.165) is 18.0 Å². The molecule has 0 radical (unpaired) electrons. The molecule has 102 valence electrons. The van der Waals surface area contributed by atoms with Crippen LogP contribution in [0.2, 0.25) is 0 Å². The summed E-state index contributed by atoms with van der Waals surface area (Å²) in [5, 5.41) is 6.75. The Balaban J connectivity index is 1.88. The van der Waals surface area contributed by atoms with Gasteiger partial charge in [0.1, 0.15) is 5.01 Å². The van der Waals surface area contributed by atoms with Gasteiger partial charge < -0.3 is 5.32 Å². The minimum Gasteiger partial charge on any atom is -0.309 e. The molecule has 19 heavy (non-hydrogen) atoms. The van der Waals surface area contributed by atoms with Crippen molar-refractivity contribution in [2.75, 3.05) is 0 Å². The van der Waals surface area contributed by atoms with Crippen LogP contribution in [0.4, 0.5) is 0 Å². The minimum absolute atomic E-state index is 0.506. The second-order valence-corrected chi connectivity index (χ2v) is 6.78. The van der Waals surface area contributed by atoms with E-state index in [-0.39, 0.29) is 0 Å². The van der Waals surface area contributed by atoms with E-state index in [9.17, 15) is 0 Å². The van der Waals surface area contributed by atoms with Crippen LogP contribution in [0.5, 0.6) is 0 Å². The molecule has 0 aliphatic carbocycles. The van der Waals surface area contributed by atoms with E-state index in [0.29, 0.717) is 6.04 Å². The molecule has 0 saturated carbocycles. The number of aromatic nitrogens is 1. The second-order valence-electron chi connectivity index (χ2n) is 4.82. The number of nitrogens with zero attached hydrogens (tertiary/aromatic N) is 1. The molecule has 2 aromatic rings. The molecule has 1 aromatic heterocycles. The maximum absolute atomic E-state index is 4.66. The third-order valence-corrected chi connectivity index (χ3v) is 5.00. The highest BCUT2D eigenvalue weighted by Gasteiger charge is 2.04. The number of benzene rings is 1. The van der Waals surface area contributed by atoms with E-state index >= 15 is 0 Å². The maximum Gasteiger partial charge on any atom is 0.103 e. The summed E-state index contributed by atoms with van der Waals surface area (Å²) < 4.78 is 0. The van der Waals surface area contributed by atoms with Crippen molar-refractivity contribution in [1.29, 1.82) is 0 Å². The van der Waals surface area contributed by atoms with Crippen LogP contribution in [0.1, 0.15) is 30.1 Å². The van der Waals surface area contributed by atoms with E-state index in [1.807, 2.05) is 11.8 Å². The molecule has 0 atom stereocenters. The minimum atomic E-state index is 0.506. The topological polar surface area (TPSA) is 24.9 Å². The van der Waals surface area contributed by atoms with Gasteiger partial charge in [0.25, 0.3) is 0 Å². The van der Waals surface area contributed by atoms with Gasteiger partial charge >= 0.3 is 0 Å². The Morgan fingerprint density at radius 3 is 2.84 bits per heavy atom. The molecule has 4 heteroatoms. The molecule has 0 spiro atoms. The molecule has 1 N–H and O–H groups in total. The first-order chi connectivity index (χ1) is 9.15. The molecular formula is C15H20N2S2. The number of nitrogens with one attached hydrogen (secondary N) is 1. The molecule has 0 aliphatic heterocycles. The van der Waals surface area contributed by atoms with Crippen LogP contribution in [0.15, 0.2) is 34.5 Å². The lowest BCUT2D eigenvalue weighted by molar-refractivity contribution is 0.582. The Hall–Kier alpha value is -0.840. The number of hydrogen-bond donors (Lipinski definition) is 1. The van der Waals surface area contributed by atoms with Crippen molar-refractivity contribution >= 4 is 23.1 Å². The van der Waals surface area contributed by atoms with Crippen molar-refractivity contribution in [3.8, 4) is 0 Å². The van der Waals surface area contributed by atoms with Gasteiger partial charge in [0, 0.05) is 22.9 Å². The highest BCUT2D eigenvalue weighted by Crippen LogP contribution is 2.26. The van der Waals surface area contributed by atoms with E-state index in [4.69, 9.17) is 0 Å². The lowest BCUT2D eigenvalue weighted by Crippen LogP contribution is -2.21. The predicted molar refractivity (Wildman–Crippen MR) is 84.8 cm³/mol. The van der Waals surface area contributed by atoms with E-state index in [1.54, 1.807) is 11.3 Å². The van der Waals surface area contributed by atoms with Gasteiger partial charge in [-0.3, -0.25) is 0 Å². The molecule has 0 bridgehead atoms. The SMILES string of the molecule is Cc1ccccc1SCc1nc(CNC(C)C)cs1. The van der Waals surface area contributed by atoms with E-state index in [1.165, 1.54) is 15.5 Å². The number of rotatable bonds is 6. The summed E-state index contributed by atoms with van der Waals surface area (Å²) in [7, 11) is 0. The van der Waals surface area contributed by atoms with E-state index < -0.39 is 0 Å². The molecule has 1 heterocycles.